The van der Waals surface area contributed by atoms with Crippen LogP contribution >= 0.6 is 0 Å². The first-order valence-electron chi connectivity index (χ1n) is 9.52. The molecule has 0 aliphatic rings. The van der Waals surface area contributed by atoms with Gasteiger partial charge in [0.25, 0.3) is 0 Å². The van der Waals surface area contributed by atoms with E-state index in [1.54, 1.807) is 75.4 Å². The van der Waals surface area contributed by atoms with Gasteiger partial charge in [-0.25, -0.2) is 9.59 Å². The van der Waals surface area contributed by atoms with Crippen LogP contribution in [0.4, 0.5) is 4.79 Å². The number of amides is 1. The number of ether oxygens (including phenoxy) is 2. The minimum Gasteiger partial charge on any atom is -0.479 e. The van der Waals surface area contributed by atoms with Crippen molar-refractivity contribution in [1.82, 2.24) is 5.32 Å². The van der Waals surface area contributed by atoms with Crippen molar-refractivity contribution >= 4 is 18.0 Å². The molecule has 0 bridgehead atoms. The van der Waals surface area contributed by atoms with Gasteiger partial charge in [0.2, 0.25) is 5.91 Å². The van der Waals surface area contributed by atoms with E-state index in [1.165, 1.54) is 6.92 Å². The Morgan fingerprint density at radius 1 is 0.933 bits per heavy atom. The summed E-state index contributed by atoms with van der Waals surface area (Å²) in [5, 5.41) is 12.5. The molecule has 2 N–H and O–H groups in total. The molecule has 0 heterocycles. The number of carbonyl (C=O) groups is 3. The van der Waals surface area contributed by atoms with E-state index in [4.69, 9.17) is 9.47 Å². The van der Waals surface area contributed by atoms with Gasteiger partial charge in [-0.3, -0.25) is 4.79 Å². The topological polar surface area (TPSA) is 102 Å². The van der Waals surface area contributed by atoms with Crippen molar-refractivity contribution in [2.75, 3.05) is 0 Å². The van der Waals surface area contributed by atoms with E-state index >= 15 is 0 Å². The van der Waals surface area contributed by atoms with E-state index in [0.717, 1.165) is 5.56 Å². The highest BCUT2D eigenvalue weighted by atomic mass is 16.7. The number of hydrogen-bond acceptors (Lipinski definition) is 5. The molecule has 0 unspecified atom stereocenters. The molecule has 7 nitrogen and oxygen atoms in total. The van der Waals surface area contributed by atoms with Crippen molar-refractivity contribution in [3.63, 3.8) is 0 Å². The monoisotopic (exact) mass is 413 g/mol. The first kappa shape index (κ1) is 22.9. The predicted octanol–water partition coefficient (Wildman–Crippen LogP) is 4.09. The summed E-state index contributed by atoms with van der Waals surface area (Å²) in [7, 11) is 0. The summed E-state index contributed by atoms with van der Waals surface area (Å²) < 4.78 is 10.6. The second-order valence-corrected chi connectivity index (χ2v) is 8.14. The number of benzene rings is 2. The van der Waals surface area contributed by atoms with Crippen LogP contribution in [0.5, 0.6) is 0 Å². The lowest BCUT2D eigenvalue weighted by molar-refractivity contribution is -0.155. The summed E-state index contributed by atoms with van der Waals surface area (Å²) in [6.07, 6.45) is -2.35. The van der Waals surface area contributed by atoms with E-state index in [9.17, 15) is 19.5 Å². The summed E-state index contributed by atoms with van der Waals surface area (Å²) in [4.78, 5) is 37.2. The highest BCUT2D eigenvalue weighted by Gasteiger charge is 2.48. The van der Waals surface area contributed by atoms with Crippen molar-refractivity contribution in [1.29, 1.82) is 0 Å². The zero-order valence-electron chi connectivity index (χ0n) is 17.5. The van der Waals surface area contributed by atoms with Crippen LogP contribution in [-0.2, 0) is 25.7 Å². The Kier molecular flexibility index (Phi) is 7.21. The maximum atomic E-state index is 12.6. The van der Waals surface area contributed by atoms with Gasteiger partial charge in [0.15, 0.2) is 11.6 Å². The standard InChI is InChI=1S/C23H27NO6/c1-22(2,3)19(25)24-23(4,20(26)27)18(17-13-9-6-10-14-17)30-21(28)29-15-16-11-7-5-8-12-16/h5-14,18H,15H2,1-4H3,(H,24,25)(H,26,27)/t18-,23+/m0/s1. The summed E-state index contributed by atoms with van der Waals surface area (Å²) >= 11 is 0. The van der Waals surface area contributed by atoms with Gasteiger partial charge in [-0.15, -0.1) is 0 Å². The second kappa shape index (κ2) is 9.43. The number of carboxylic acids is 1. The molecule has 2 rings (SSSR count). The Hall–Kier alpha value is -3.35. The largest absolute Gasteiger partial charge is 0.509 e. The highest BCUT2D eigenvalue weighted by Crippen LogP contribution is 2.32. The maximum Gasteiger partial charge on any atom is 0.509 e. The SMILES string of the molecule is CC(C)(C)C(=O)N[C@@](C)(C(=O)O)[C@@H](OC(=O)OCc1ccccc1)c1ccccc1. The zero-order chi connectivity index (χ0) is 22.4. The number of aliphatic carboxylic acids is 1. The highest BCUT2D eigenvalue weighted by molar-refractivity contribution is 5.90. The Labute approximate surface area is 176 Å². The molecule has 0 fully saturated rings. The Morgan fingerprint density at radius 3 is 1.97 bits per heavy atom. The molecular weight excluding hydrogens is 386 g/mol. The smallest absolute Gasteiger partial charge is 0.479 e. The summed E-state index contributed by atoms with van der Waals surface area (Å²) in [5.74, 6) is -1.83. The van der Waals surface area contributed by atoms with Crippen molar-refractivity contribution in [3.05, 3.63) is 71.8 Å². The van der Waals surface area contributed by atoms with Gasteiger partial charge in [0.1, 0.15) is 6.61 Å². The molecule has 2 aromatic rings. The van der Waals surface area contributed by atoms with Gasteiger partial charge >= 0.3 is 12.1 Å². The third-order valence-electron chi connectivity index (χ3n) is 4.54. The van der Waals surface area contributed by atoms with E-state index in [2.05, 4.69) is 5.32 Å². The van der Waals surface area contributed by atoms with E-state index in [0.29, 0.717) is 5.56 Å². The fraction of sp³-hybridized carbons (Fsp3) is 0.348. The zero-order valence-corrected chi connectivity index (χ0v) is 17.5. The van der Waals surface area contributed by atoms with E-state index in [1.807, 2.05) is 6.07 Å². The van der Waals surface area contributed by atoms with Gasteiger partial charge in [-0.1, -0.05) is 81.4 Å². The molecule has 30 heavy (non-hydrogen) atoms. The lowest BCUT2D eigenvalue weighted by Gasteiger charge is -2.36. The Balaban J connectivity index is 2.29. The number of nitrogens with one attached hydrogen (secondary N) is 1. The van der Waals surface area contributed by atoms with Gasteiger partial charge in [-0.05, 0) is 18.1 Å². The van der Waals surface area contributed by atoms with E-state index < -0.39 is 35.1 Å². The maximum absolute atomic E-state index is 12.6. The summed E-state index contributed by atoms with van der Waals surface area (Å²) in [6, 6.07) is 17.4. The van der Waals surface area contributed by atoms with Crippen LogP contribution in [0.25, 0.3) is 0 Å². The third kappa shape index (κ3) is 5.83. The lowest BCUT2D eigenvalue weighted by atomic mass is 9.86. The number of carbonyl (C=O) groups excluding carboxylic acids is 2. The Bertz CT molecular complexity index is 876. The van der Waals surface area contributed by atoms with Crippen molar-refractivity contribution in [2.45, 2.75) is 45.9 Å². The number of carboxylic acid groups (broad SMARTS) is 1. The first-order valence-corrected chi connectivity index (χ1v) is 9.52. The minimum absolute atomic E-state index is 0.0285. The average molecular weight is 413 g/mol. The fourth-order valence-corrected chi connectivity index (χ4v) is 2.65. The fourth-order valence-electron chi connectivity index (χ4n) is 2.65. The quantitative estimate of drug-likeness (QED) is 0.663. The molecule has 0 aromatic heterocycles. The van der Waals surface area contributed by atoms with Crippen molar-refractivity contribution in [2.24, 2.45) is 5.41 Å². The molecule has 0 aliphatic heterocycles. The minimum atomic E-state index is -1.92. The van der Waals surface area contributed by atoms with Gasteiger partial charge < -0.3 is 19.9 Å². The van der Waals surface area contributed by atoms with E-state index in [-0.39, 0.29) is 6.61 Å². The molecule has 2 atom stereocenters. The predicted molar refractivity (Wildman–Crippen MR) is 111 cm³/mol. The average Bonchev–Trinajstić information content (AvgIpc) is 2.71. The van der Waals surface area contributed by atoms with Crippen LogP contribution in [0.3, 0.4) is 0 Å². The Morgan fingerprint density at radius 2 is 1.47 bits per heavy atom. The summed E-state index contributed by atoms with van der Waals surface area (Å²) in [6.45, 7) is 6.27. The molecule has 7 heteroatoms. The van der Waals surface area contributed by atoms with Gasteiger partial charge in [0.05, 0.1) is 0 Å². The van der Waals surface area contributed by atoms with Crippen LogP contribution in [0.1, 0.15) is 44.9 Å². The van der Waals surface area contributed by atoms with Gasteiger partial charge in [0, 0.05) is 5.41 Å². The molecule has 1 amide bonds. The van der Waals surface area contributed by atoms with Crippen LogP contribution in [-0.4, -0.2) is 28.7 Å². The molecule has 160 valence electrons. The molecular formula is C23H27NO6. The van der Waals surface area contributed by atoms with Crippen LogP contribution in [0.2, 0.25) is 0 Å². The molecule has 2 aromatic carbocycles. The molecule has 0 saturated carbocycles. The second-order valence-electron chi connectivity index (χ2n) is 8.14. The van der Waals surface area contributed by atoms with Crippen LogP contribution in [0, 0.1) is 5.41 Å². The van der Waals surface area contributed by atoms with Crippen molar-refractivity contribution < 1.29 is 29.0 Å². The third-order valence-corrected chi connectivity index (χ3v) is 4.54. The van der Waals surface area contributed by atoms with Crippen LogP contribution < -0.4 is 5.32 Å². The lowest BCUT2D eigenvalue weighted by Crippen LogP contribution is -2.59. The molecule has 0 saturated heterocycles. The van der Waals surface area contributed by atoms with Gasteiger partial charge in [-0.2, -0.15) is 0 Å². The molecule has 0 aliphatic carbocycles. The molecule has 0 radical (unpaired) electrons. The molecule has 0 spiro atoms. The number of rotatable bonds is 7. The number of hydrogen-bond donors (Lipinski definition) is 2. The normalized spacial score (nSPS) is 14.1. The summed E-state index contributed by atoms with van der Waals surface area (Å²) in [5.41, 5.74) is -1.59. The first-order chi connectivity index (χ1) is 14.0. The van der Waals surface area contributed by atoms with Crippen molar-refractivity contribution in [3.8, 4) is 0 Å². The van der Waals surface area contributed by atoms with Crippen LogP contribution in [0.15, 0.2) is 60.7 Å².